The van der Waals surface area contributed by atoms with Gasteiger partial charge in [-0.25, -0.2) is 10.2 Å². The lowest BCUT2D eigenvalue weighted by Gasteiger charge is -2.08. The fraction of sp³-hybridized carbons (Fsp3) is 0.0435. The van der Waals surface area contributed by atoms with Crippen molar-refractivity contribution in [3.05, 3.63) is 94.0 Å². The number of ether oxygens (including phenoxy) is 2. The second-order valence-electron chi connectivity index (χ2n) is 6.13. The highest BCUT2D eigenvalue weighted by Crippen LogP contribution is 2.23. The Hall–Kier alpha value is -3.96. The number of hydrogen-bond donors (Lipinski definition) is 1. The van der Waals surface area contributed by atoms with Gasteiger partial charge in [-0.3, -0.25) is 4.79 Å². The highest BCUT2D eigenvalue weighted by atomic mass is 79.9. The van der Waals surface area contributed by atoms with E-state index in [4.69, 9.17) is 14.7 Å². The molecular weight excluding hydrogens is 462 g/mol. The Bertz CT molecular complexity index is 1160. The molecule has 3 aromatic rings. The topological polar surface area (TPSA) is 101 Å². The Labute approximate surface area is 187 Å². The fourth-order valence-electron chi connectivity index (χ4n) is 2.48. The van der Waals surface area contributed by atoms with E-state index >= 15 is 0 Å². The first-order valence-corrected chi connectivity index (χ1v) is 9.86. The van der Waals surface area contributed by atoms with Gasteiger partial charge in [0.25, 0.3) is 5.91 Å². The van der Waals surface area contributed by atoms with Gasteiger partial charge in [-0.05, 0) is 42.5 Å². The molecule has 7 nitrogen and oxygen atoms in total. The zero-order chi connectivity index (χ0) is 22.1. The summed E-state index contributed by atoms with van der Waals surface area (Å²) in [5, 5.41) is 12.9. The van der Waals surface area contributed by atoms with Crippen molar-refractivity contribution in [3.63, 3.8) is 0 Å². The Kier molecular flexibility index (Phi) is 7.51. The maximum atomic E-state index is 12.3. The summed E-state index contributed by atoms with van der Waals surface area (Å²) < 4.78 is 11.6. The van der Waals surface area contributed by atoms with Crippen molar-refractivity contribution in [2.75, 3.05) is 6.61 Å². The zero-order valence-electron chi connectivity index (χ0n) is 16.1. The number of esters is 1. The minimum absolute atomic E-state index is 0.286. The molecular formula is C23H16BrN3O4. The number of nitrogens with one attached hydrogen (secondary N) is 1. The Balaban J connectivity index is 1.62. The summed E-state index contributed by atoms with van der Waals surface area (Å²) in [6, 6.07) is 22.2. The largest absolute Gasteiger partial charge is 0.482 e. The SMILES string of the molecule is N#Cc1ccccc1OCC(=O)N/N=C/c1cc(Br)ccc1OC(=O)c1ccccc1. The molecule has 0 bridgehead atoms. The summed E-state index contributed by atoms with van der Waals surface area (Å²) in [5.74, 6) is -0.423. The minimum Gasteiger partial charge on any atom is -0.482 e. The number of nitriles is 1. The minimum atomic E-state index is -0.512. The van der Waals surface area contributed by atoms with Crippen molar-refractivity contribution in [2.45, 2.75) is 0 Å². The molecule has 0 saturated heterocycles. The number of carbonyl (C=O) groups is 2. The lowest BCUT2D eigenvalue weighted by Crippen LogP contribution is -2.24. The predicted molar refractivity (Wildman–Crippen MR) is 118 cm³/mol. The summed E-state index contributed by atoms with van der Waals surface area (Å²) in [6.45, 7) is -0.315. The predicted octanol–water partition coefficient (Wildman–Crippen LogP) is 4.07. The van der Waals surface area contributed by atoms with Gasteiger partial charge >= 0.3 is 5.97 Å². The highest BCUT2D eigenvalue weighted by Gasteiger charge is 2.11. The van der Waals surface area contributed by atoms with Crippen LogP contribution in [0.25, 0.3) is 0 Å². The van der Waals surface area contributed by atoms with E-state index in [1.807, 2.05) is 6.07 Å². The van der Waals surface area contributed by atoms with Crippen molar-refractivity contribution in [2.24, 2.45) is 5.10 Å². The van der Waals surface area contributed by atoms with Gasteiger partial charge in [0.15, 0.2) is 6.61 Å². The molecule has 0 aliphatic heterocycles. The number of hydrazone groups is 1. The Morgan fingerprint density at radius 3 is 2.55 bits per heavy atom. The molecule has 0 unspecified atom stereocenters. The molecule has 3 aromatic carbocycles. The van der Waals surface area contributed by atoms with Crippen LogP contribution in [-0.2, 0) is 4.79 Å². The van der Waals surface area contributed by atoms with Gasteiger partial charge in [0.1, 0.15) is 17.6 Å². The molecule has 0 spiro atoms. The van der Waals surface area contributed by atoms with Crippen molar-refractivity contribution >= 4 is 34.0 Å². The van der Waals surface area contributed by atoms with Crippen LogP contribution >= 0.6 is 15.9 Å². The normalized spacial score (nSPS) is 10.3. The number of rotatable bonds is 7. The van der Waals surface area contributed by atoms with Crippen LogP contribution in [0.15, 0.2) is 82.4 Å². The summed E-state index contributed by atoms with van der Waals surface area (Å²) in [5.41, 5.74) is 3.56. The van der Waals surface area contributed by atoms with Gasteiger partial charge in [0.2, 0.25) is 0 Å². The monoisotopic (exact) mass is 477 g/mol. The molecule has 31 heavy (non-hydrogen) atoms. The van der Waals surface area contributed by atoms with E-state index in [1.54, 1.807) is 72.8 Å². The van der Waals surface area contributed by atoms with Crippen LogP contribution in [-0.4, -0.2) is 24.7 Å². The molecule has 0 aliphatic carbocycles. The van der Waals surface area contributed by atoms with Crippen LogP contribution in [0, 0.1) is 11.3 Å². The number of amides is 1. The molecule has 0 aliphatic rings. The molecule has 1 N–H and O–H groups in total. The van der Waals surface area contributed by atoms with Gasteiger partial charge in [0.05, 0.1) is 17.3 Å². The summed E-state index contributed by atoms with van der Waals surface area (Å²) in [4.78, 5) is 24.3. The van der Waals surface area contributed by atoms with Crippen LogP contribution in [0.4, 0.5) is 0 Å². The summed E-state index contributed by atoms with van der Waals surface area (Å²) in [6.07, 6.45) is 1.36. The molecule has 154 valence electrons. The quantitative estimate of drug-likeness (QED) is 0.239. The van der Waals surface area contributed by atoms with Gasteiger partial charge in [0, 0.05) is 10.0 Å². The Morgan fingerprint density at radius 2 is 1.77 bits per heavy atom. The molecule has 0 atom stereocenters. The Morgan fingerprint density at radius 1 is 1.03 bits per heavy atom. The van der Waals surface area contributed by atoms with Gasteiger partial charge < -0.3 is 9.47 Å². The maximum Gasteiger partial charge on any atom is 0.343 e. The number of halogens is 1. The van der Waals surface area contributed by atoms with E-state index in [1.165, 1.54) is 6.21 Å². The van der Waals surface area contributed by atoms with E-state index in [-0.39, 0.29) is 12.4 Å². The van der Waals surface area contributed by atoms with Crippen molar-refractivity contribution in [1.29, 1.82) is 5.26 Å². The molecule has 0 fully saturated rings. The van der Waals surface area contributed by atoms with E-state index in [0.717, 1.165) is 4.47 Å². The number of carbonyl (C=O) groups excluding carboxylic acids is 2. The highest BCUT2D eigenvalue weighted by molar-refractivity contribution is 9.10. The van der Waals surface area contributed by atoms with Crippen molar-refractivity contribution < 1.29 is 19.1 Å². The van der Waals surface area contributed by atoms with Crippen molar-refractivity contribution in [3.8, 4) is 17.6 Å². The average Bonchev–Trinajstić information content (AvgIpc) is 2.80. The molecule has 0 heterocycles. The second kappa shape index (κ2) is 10.7. The molecule has 0 aromatic heterocycles. The van der Waals surface area contributed by atoms with Crippen LogP contribution in [0.2, 0.25) is 0 Å². The number of para-hydroxylation sites is 1. The van der Waals surface area contributed by atoms with E-state index in [9.17, 15) is 9.59 Å². The van der Waals surface area contributed by atoms with Gasteiger partial charge in [-0.15, -0.1) is 0 Å². The summed E-state index contributed by atoms with van der Waals surface area (Å²) in [7, 11) is 0. The molecule has 1 amide bonds. The maximum absolute atomic E-state index is 12.3. The first-order valence-electron chi connectivity index (χ1n) is 9.07. The molecule has 0 saturated carbocycles. The van der Waals surface area contributed by atoms with Crippen LogP contribution in [0.1, 0.15) is 21.5 Å². The molecule has 8 heteroatoms. The number of benzene rings is 3. The van der Waals surface area contributed by atoms with Gasteiger partial charge in [-0.1, -0.05) is 46.3 Å². The van der Waals surface area contributed by atoms with E-state index < -0.39 is 11.9 Å². The fourth-order valence-corrected chi connectivity index (χ4v) is 2.86. The van der Waals surface area contributed by atoms with Crippen molar-refractivity contribution in [1.82, 2.24) is 5.43 Å². The average molecular weight is 478 g/mol. The lowest BCUT2D eigenvalue weighted by atomic mass is 10.2. The first kappa shape index (κ1) is 21.7. The molecule has 3 rings (SSSR count). The third-order valence-corrected chi connectivity index (χ3v) is 4.44. The third kappa shape index (κ3) is 6.26. The van der Waals surface area contributed by atoms with E-state index in [2.05, 4.69) is 26.5 Å². The number of nitrogens with zero attached hydrogens (tertiary/aromatic N) is 2. The van der Waals surface area contributed by atoms with Gasteiger partial charge in [-0.2, -0.15) is 10.4 Å². The molecule has 0 radical (unpaired) electrons. The standard InChI is InChI=1S/C23H16BrN3O4/c24-19-10-11-21(31-23(29)16-6-2-1-3-7-16)18(12-19)14-26-27-22(28)15-30-20-9-5-4-8-17(20)13-25/h1-12,14H,15H2,(H,27,28)/b26-14+. The third-order valence-electron chi connectivity index (χ3n) is 3.94. The van der Waals surface area contributed by atoms with E-state index in [0.29, 0.717) is 22.4 Å². The second-order valence-corrected chi connectivity index (χ2v) is 7.04. The van der Waals surface area contributed by atoms with Crippen LogP contribution < -0.4 is 14.9 Å². The smallest absolute Gasteiger partial charge is 0.343 e. The number of hydrogen-bond acceptors (Lipinski definition) is 6. The lowest BCUT2D eigenvalue weighted by molar-refractivity contribution is -0.123. The van der Waals surface area contributed by atoms with Crippen LogP contribution in [0.5, 0.6) is 11.5 Å². The first-order chi connectivity index (χ1) is 15.1. The van der Waals surface area contributed by atoms with Crippen LogP contribution in [0.3, 0.4) is 0 Å². The summed E-state index contributed by atoms with van der Waals surface area (Å²) >= 11 is 3.36. The zero-order valence-corrected chi connectivity index (χ0v) is 17.7.